The van der Waals surface area contributed by atoms with Gasteiger partial charge in [-0.1, -0.05) is 41.9 Å². The molecule has 2 aromatic carbocycles. The molecule has 4 aromatic rings. The van der Waals surface area contributed by atoms with Crippen LogP contribution in [0.4, 0.5) is 11.4 Å². The highest BCUT2D eigenvalue weighted by Crippen LogP contribution is 2.30. The molecule has 0 bridgehead atoms. The minimum atomic E-state index is -0.503. The van der Waals surface area contributed by atoms with Crippen LogP contribution >= 0.6 is 22.9 Å². The van der Waals surface area contributed by atoms with Crippen LogP contribution in [0.25, 0.3) is 10.6 Å². The van der Waals surface area contributed by atoms with Gasteiger partial charge in [0, 0.05) is 16.9 Å². The molecule has 2 aromatic heterocycles. The number of nitrogens with one attached hydrogen (secondary N) is 2. The molecule has 0 aliphatic heterocycles. The lowest BCUT2D eigenvalue weighted by atomic mass is 10.2. The van der Waals surface area contributed by atoms with Crippen LogP contribution in [-0.4, -0.2) is 26.6 Å². The summed E-state index contributed by atoms with van der Waals surface area (Å²) in [5, 5.41) is 11.2. The Morgan fingerprint density at radius 2 is 1.76 bits per heavy atom. The molecule has 2 heterocycles. The maximum atomic E-state index is 12.9. The number of anilines is 2. The van der Waals surface area contributed by atoms with Crippen LogP contribution in [0.5, 0.6) is 0 Å². The lowest BCUT2D eigenvalue weighted by Crippen LogP contribution is -2.25. The van der Waals surface area contributed by atoms with Crippen LogP contribution in [0.1, 0.15) is 39.7 Å². The molecule has 1 atom stereocenters. The van der Waals surface area contributed by atoms with E-state index in [9.17, 15) is 9.59 Å². The molecule has 9 heteroatoms. The third-order valence-electron chi connectivity index (χ3n) is 5.30. The molecule has 0 aliphatic carbocycles. The lowest BCUT2D eigenvalue weighted by Gasteiger charge is -2.15. The second-order valence-corrected chi connectivity index (χ2v) is 9.39. The predicted molar refractivity (Wildman–Crippen MR) is 137 cm³/mol. The molecular formula is C25H24ClN5O2S. The molecule has 4 rings (SSSR count). The predicted octanol–water partition coefficient (Wildman–Crippen LogP) is 6.04. The Kier molecular flexibility index (Phi) is 6.81. The molecule has 0 saturated heterocycles. The molecular weight excluding hydrogens is 470 g/mol. The number of amides is 2. The number of hydrogen-bond acceptors (Lipinski definition) is 5. The molecule has 1 unspecified atom stereocenters. The zero-order valence-corrected chi connectivity index (χ0v) is 20.8. The first-order valence-corrected chi connectivity index (χ1v) is 11.9. The molecule has 0 saturated carbocycles. The molecule has 2 N–H and O–H groups in total. The zero-order chi connectivity index (χ0) is 24.4. The fraction of sp³-hybridized carbons (Fsp3) is 0.200. The summed E-state index contributed by atoms with van der Waals surface area (Å²) >= 11 is 7.74. The van der Waals surface area contributed by atoms with Gasteiger partial charge in [0.15, 0.2) is 0 Å². The number of nitrogens with zero attached hydrogens (tertiary/aromatic N) is 3. The summed E-state index contributed by atoms with van der Waals surface area (Å²) in [6.07, 6.45) is 0. The number of rotatable bonds is 6. The van der Waals surface area contributed by atoms with Crippen LogP contribution in [0, 0.1) is 20.8 Å². The first-order valence-electron chi connectivity index (χ1n) is 10.7. The highest BCUT2D eigenvalue weighted by Gasteiger charge is 2.20. The summed E-state index contributed by atoms with van der Waals surface area (Å²) < 4.78 is 1.67. The van der Waals surface area contributed by atoms with Crippen LogP contribution in [-0.2, 0) is 4.79 Å². The van der Waals surface area contributed by atoms with Gasteiger partial charge in [0.25, 0.3) is 5.91 Å². The average Bonchev–Trinajstić information content (AvgIpc) is 3.36. The van der Waals surface area contributed by atoms with Crippen LogP contribution in [0.15, 0.2) is 54.6 Å². The van der Waals surface area contributed by atoms with Gasteiger partial charge in [0.05, 0.1) is 22.1 Å². The van der Waals surface area contributed by atoms with E-state index in [1.165, 1.54) is 11.3 Å². The van der Waals surface area contributed by atoms with Crippen molar-refractivity contribution in [1.29, 1.82) is 0 Å². The fourth-order valence-electron chi connectivity index (χ4n) is 3.58. The first kappa shape index (κ1) is 23.7. The number of hydrogen-bond donors (Lipinski definition) is 2. The molecule has 0 aliphatic rings. The first-order chi connectivity index (χ1) is 16.2. The van der Waals surface area contributed by atoms with E-state index in [1.54, 1.807) is 29.8 Å². The van der Waals surface area contributed by atoms with E-state index in [2.05, 4.69) is 20.7 Å². The number of aromatic nitrogens is 3. The Morgan fingerprint density at radius 1 is 1.03 bits per heavy atom. The largest absolute Gasteiger partial charge is 0.323 e. The second kappa shape index (κ2) is 9.79. The maximum Gasteiger partial charge on any atom is 0.267 e. The van der Waals surface area contributed by atoms with Gasteiger partial charge in [-0.2, -0.15) is 5.10 Å². The summed E-state index contributed by atoms with van der Waals surface area (Å²) in [5.74, 6) is -0.498. The van der Waals surface area contributed by atoms with Crippen LogP contribution < -0.4 is 10.6 Å². The van der Waals surface area contributed by atoms with E-state index < -0.39 is 6.04 Å². The van der Waals surface area contributed by atoms with Gasteiger partial charge in [0.2, 0.25) is 5.91 Å². The number of thiazole rings is 1. The minimum Gasteiger partial charge on any atom is -0.323 e. The number of halogens is 1. The van der Waals surface area contributed by atoms with Crippen LogP contribution in [0.2, 0.25) is 5.02 Å². The Bertz CT molecular complexity index is 1360. The highest BCUT2D eigenvalue weighted by atomic mass is 35.5. The minimum absolute atomic E-state index is 0.237. The molecule has 0 spiro atoms. The molecule has 174 valence electrons. The number of aryl methyl sites for hydroxylation is 3. The third-order valence-corrected chi connectivity index (χ3v) is 6.82. The summed E-state index contributed by atoms with van der Waals surface area (Å²) in [6.45, 7) is 7.38. The monoisotopic (exact) mass is 493 g/mol. The number of benzene rings is 2. The van der Waals surface area contributed by atoms with E-state index in [1.807, 2.05) is 57.2 Å². The van der Waals surface area contributed by atoms with Gasteiger partial charge in [-0.25, -0.2) is 4.98 Å². The van der Waals surface area contributed by atoms with Crippen molar-refractivity contribution < 1.29 is 9.59 Å². The number of carbonyl (C=O) groups is 2. The fourth-order valence-corrected chi connectivity index (χ4v) is 4.77. The van der Waals surface area contributed by atoms with E-state index in [0.29, 0.717) is 27.0 Å². The third kappa shape index (κ3) is 5.03. The van der Waals surface area contributed by atoms with E-state index in [-0.39, 0.29) is 11.8 Å². The maximum absolute atomic E-state index is 12.9. The standard InChI is InChI=1S/C25H24ClN5O2S/c1-14-12-15(2)31(30-14)17(4)23(32)29-21-11-10-19(13-20(21)26)28-24(33)22-16(3)27-25(34-22)18-8-6-5-7-9-18/h5-13,17H,1-4H3,(H,28,33)(H,29,32). The quantitative estimate of drug-likeness (QED) is 0.343. The van der Waals surface area contributed by atoms with Gasteiger partial charge in [0.1, 0.15) is 15.9 Å². The Labute approximate surface area is 206 Å². The van der Waals surface area contributed by atoms with Crippen molar-refractivity contribution in [3.8, 4) is 10.6 Å². The Balaban J connectivity index is 1.45. The second-order valence-electron chi connectivity index (χ2n) is 7.99. The van der Waals surface area contributed by atoms with E-state index in [4.69, 9.17) is 11.6 Å². The van der Waals surface area contributed by atoms with Crippen molar-refractivity contribution in [3.63, 3.8) is 0 Å². The molecule has 34 heavy (non-hydrogen) atoms. The Hall–Kier alpha value is -3.49. The molecule has 2 amide bonds. The lowest BCUT2D eigenvalue weighted by molar-refractivity contribution is -0.119. The average molecular weight is 494 g/mol. The van der Waals surface area contributed by atoms with E-state index >= 15 is 0 Å². The van der Waals surface area contributed by atoms with Gasteiger partial charge < -0.3 is 10.6 Å². The SMILES string of the molecule is Cc1cc(C)n(C(C)C(=O)Nc2ccc(NC(=O)c3sc(-c4ccccc4)nc3C)cc2Cl)n1. The van der Waals surface area contributed by atoms with Gasteiger partial charge >= 0.3 is 0 Å². The van der Waals surface area contributed by atoms with Gasteiger partial charge in [-0.3, -0.25) is 14.3 Å². The van der Waals surface area contributed by atoms with Crippen LogP contribution in [0.3, 0.4) is 0 Å². The normalized spacial score (nSPS) is 11.8. The smallest absolute Gasteiger partial charge is 0.267 e. The Morgan fingerprint density at radius 3 is 2.41 bits per heavy atom. The highest BCUT2D eigenvalue weighted by molar-refractivity contribution is 7.17. The molecule has 7 nitrogen and oxygen atoms in total. The van der Waals surface area contributed by atoms with E-state index in [0.717, 1.165) is 22.0 Å². The van der Waals surface area contributed by atoms with Crippen molar-refractivity contribution in [3.05, 3.63) is 81.6 Å². The molecule has 0 radical (unpaired) electrons. The summed E-state index contributed by atoms with van der Waals surface area (Å²) in [6, 6.07) is 16.1. The topological polar surface area (TPSA) is 88.9 Å². The van der Waals surface area contributed by atoms with Crippen molar-refractivity contribution in [2.24, 2.45) is 0 Å². The molecule has 0 fully saturated rings. The number of carbonyl (C=O) groups excluding carboxylic acids is 2. The van der Waals surface area contributed by atoms with Crippen molar-refractivity contribution in [1.82, 2.24) is 14.8 Å². The summed E-state index contributed by atoms with van der Waals surface area (Å²) in [4.78, 5) is 30.7. The summed E-state index contributed by atoms with van der Waals surface area (Å²) in [7, 11) is 0. The van der Waals surface area contributed by atoms with Crippen molar-refractivity contribution in [2.75, 3.05) is 10.6 Å². The van der Waals surface area contributed by atoms with Crippen molar-refractivity contribution >= 4 is 46.1 Å². The zero-order valence-electron chi connectivity index (χ0n) is 19.2. The van der Waals surface area contributed by atoms with Gasteiger partial charge in [-0.05, 0) is 52.0 Å². The van der Waals surface area contributed by atoms with Gasteiger partial charge in [-0.15, -0.1) is 11.3 Å². The van der Waals surface area contributed by atoms with Crippen molar-refractivity contribution in [2.45, 2.75) is 33.7 Å². The summed E-state index contributed by atoms with van der Waals surface area (Å²) in [5.41, 5.74) is 4.36.